The predicted octanol–water partition coefficient (Wildman–Crippen LogP) is 1.61. The number of benzene rings is 1. The topological polar surface area (TPSA) is 54.4 Å². The van der Waals surface area contributed by atoms with Gasteiger partial charge in [0, 0.05) is 5.56 Å². The molecule has 0 fully saturated rings. The van der Waals surface area contributed by atoms with Crippen molar-refractivity contribution in [3.8, 4) is 0 Å². The highest BCUT2D eigenvalue weighted by atomic mass is 35.5. The molecule has 0 bridgehead atoms. The molecule has 0 aliphatic rings. The van der Waals surface area contributed by atoms with E-state index in [1.807, 2.05) is 0 Å². The molecule has 62 valence electrons. The minimum absolute atomic E-state index is 0.0201. The first-order valence-electron chi connectivity index (χ1n) is 3.15. The number of hydrogen-bond acceptors (Lipinski definition) is 2. The zero-order valence-corrected chi connectivity index (χ0v) is 6.71. The summed E-state index contributed by atoms with van der Waals surface area (Å²) in [5, 5.41) is 8.51. The number of Topliss-reactive ketones (excluding diaryl/α,β-unsaturated/α-hetero) is 1. The van der Waals surface area contributed by atoms with Crippen molar-refractivity contribution in [3.63, 3.8) is 0 Å². The van der Waals surface area contributed by atoms with Crippen LogP contribution < -0.4 is 0 Å². The Morgan fingerprint density at radius 1 is 1.25 bits per heavy atom. The minimum atomic E-state index is -1.50. The lowest BCUT2D eigenvalue weighted by molar-refractivity contribution is -0.131. The molecule has 0 unspecified atom stereocenters. The maximum atomic E-state index is 10.9. The van der Waals surface area contributed by atoms with E-state index in [0.717, 1.165) is 0 Å². The van der Waals surface area contributed by atoms with E-state index >= 15 is 0 Å². The third-order valence-electron chi connectivity index (χ3n) is 1.31. The fraction of sp³-hybridized carbons (Fsp3) is 0. The number of carboxylic acid groups (broad SMARTS) is 1. The Kier molecular flexibility index (Phi) is 2.45. The molecule has 12 heavy (non-hydrogen) atoms. The van der Waals surface area contributed by atoms with Crippen LogP contribution >= 0.6 is 11.6 Å². The van der Waals surface area contributed by atoms with Gasteiger partial charge in [-0.1, -0.05) is 23.7 Å². The molecule has 0 saturated heterocycles. The van der Waals surface area contributed by atoms with Crippen LogP contribution in [-0.4, -0.2) is 16.9 Å². The molecular weight excluding hydrogens is 180 g/mol. The van der Waals surface area contributed by atoms with E-state index in [1.54, 1.807) is 12.1 Å². The van der Waals surface area contributed by atoms with Gasteiger partial charge in [-0.15, -0.1) is 0 Å². The third-order valence-corrected chi connectivity index (χ3v) is 1.64. The minimum Gasteiger partial charge on any atom is -0.475 e. The summed E-state index contributed by atoms with van der Waals surface area (Å²) in [6.07, 6.45) is 0. The van der Waals surface area contributed by atoms with Gasteiger partial charge in [0.05, 0.1) is 5.02 Å². The van der Waals surface area contributed by atoms with Crippen molar-refractivity contribution in [1.82, 2.24) is 0 Å². The van der Waals surface area contributed by atoms with Crippen molar-refractivity contribution in [1.29, 1.82) is 0 Å². The number of carbonyl (C=O) groups is 2. The summed E-state index contributed by atoms with van der Waals surface area (Å²) in [6.45, 7) is 0. The molecule has 1 aromatic carbocycles. The molecule has 4 heteroatoms. The summed E-state index contributed by atoms with van der Waals surface area (Å²) >= 11 is 5.58. The van der Waals surface area contributed by atoms with Gasteiger partial charge in [-0.3, -0.25) is 4.79 Å². The lowest BCUT2D eigenvalue weighted by atomic mass is 10.1. The molecule has 0 radical (unpaired) electrons. The number of carboxylic acids is 1. The van der Waals surface area contributed by atoms with Gasteiger partial charge in [-0.25, -0.2) is 4.79 Å². The van der Waals surface area contributed by atoms with Crippen LogP contribution in [0, 0.1) is 0 Å². The predicted molar refractivity (Wildman–Crippen MR) is 43.4 cm³/mol. The average molecular weight is 185 g/mol. The summed E-state index contributed by atoms with van der Waals surface area (Å²) < 4.78 is 0. The number of rotatable bonds is 2. The Morgan fingerprint density at radius 2 is 1.83 bits per heavy atom. The molecule has 0 amide bonds. The van der Waals surface area contributed by atoms with Crippen LogP contribution in [0.25, 0.3) is 0 Å². The van der Waals surface area contributed by atoms with Gasteiger partial charge < -0.3 is 5.11 Å². The van der Waals surface area contributed by atoms with Gasteiger partial charge in [0.1, 0.15) is 0 Å². The molecule has 1 rings (SSSR count). The van der Waals surface area contributed by atoms with Crippen molar-refractivity contribution >= 4 is 23.4 Å². The fourth-order valence-electron chi connectivity index (χ4n) is 0.761. The normalized spacial score (nSPS) is 9.42. The fourth-order valence-corrected chi connectivity index (χ4v) is 0.982. The summed E-state index contributed by atoms with van der Waals surface area (Å²) in [7, 11) is 0. The number of ketones is 1. The number of hydrogen-bond donors (Lipinski definition) is 1. The number of aliphatic carboxylic acids is 1. The Bertz CT molecular complexity index is 333. The first-order chi connectivity index (χ1) is 5.63. The molecule has 0 spiro atoms. The van der Waals surface area contributed by atoms with Gasteiger partial charge in [0.25, 0.3) is 5.78 Å². The molecule has 0 heterocycles. The standard InChI is InChI=1S/C8H5ClO3/c9-6-4-2-1-3-5(6)7(10)8(11)12/h1-4H,(H,11,12). The lowest BCUT2D eigenvalue weighted by Gasteiger charge is -1.96. The van der Waals surface area contributed by atoms with Crippen LogP contribution in [0.1, 0.15) is 10.4 Å². The summed E-state index contributed by atoms with van der Waals surface area (Å²) in [4.78, 5) is 21.1. The molecular formula is C8H5ClO3. The zero-order valence-electron chi connectivity index (χ0n) is 5.95. The second-order valence-corrected chi connectivity index (χ2v) is 2.52. The average Bonchev–Trinajstić information content (AvgIpc) is 2.04. The first kappa shape index (κ1) is 8.74. The second-order valence-electron chi connectivity index (χ2n) is 2.11. The molecule has 0 atom stereocenters. The van der Waals surface area contributed by atoms with E-state index in [0.29, 0.717) is 0 Å². The molecule has 3 nitrogen and oxygen atoms in total. The summed E-state index contributed by atoms with van der Waals surface area (Å²) in [5.74, 6) is -2.48. The first-order valence-corrected chi connectivity index (χ1v) is 3.53. The lowest BCUT2D eigenvalue weighted by Crippen LogP contribution is -2.12. The number of carbonyl (C=O) groups excluding carboxylic acids is 1. The Morgan fingerprint density at radius 3 is 2.33 bits per heavy atom. The van der Waals surface area contributed by atoms with E-state index in [1.165, 1.54) is 12.1 Å². The van der Waals surface area contributed by atoms with Crippen LogP contribution in [0.4, 0.5) is 0 Å². The quantitative estimate of drug-likeness (QED) is 0.561. The molecule has 1 aromatic rings. The van der Waals surface area contributed by atoms with Gasteiger partial charge in [-0.2, -0.15) is 0 Å². The maximum Gasteiger partial charge on any atom is 0.377 e. The van der Waals surface area contributed by atoms with Crippen LogP contribution in [0.15, 0.2) is 24.3 Å². The molecule has 0 aliphatic heterocycles. The van der Waals surface area contributed by atoms with Crippen LogP contribution in [-0.2, 0) is 4.79 Å². The molecule has 0 saturated carbocycles. The zero-order chi connectivity index (χ0) is 9.14. The Balaban J connectivity index is 3.11. The van der Waals surface area contributed by atoms with Crippen molar-refractivity contribution < 1.29 is 14.7 Å². The maximum absolute atomic E-state index is 10.9. The van der Waals surface area contributed by atoms with Crippen molar-refractivity contribution in [2.24, 2.45) is 0 Å². The van der Waals surface area contributed by atoms with E-state index in [2.05, 4.69) is 0 Å². The van der Waals surface area contributed by atoms with Gasteiger partial charge in [0.2, 0.25) is 0 Å². The highest BCUT2D eigenvalue weighted by molar-refractivity contribution is 6.44. The van der Waals surface area contributed by atoms with E-state index in [4.69, 9.17) is 16.7 Å². The van der Waals surface area contributed by atoms with Crippen molar-refractivity contribution in [3.05, 3.63) is 34.9 Å². The van der Waals surface area contributed by atoms with Crippen molar-refractivity contribution in [2.75, 3.05) is 0 Å². The molecule has 0 aliphatic carbocycles. The van der Waals surface area contributed by atoms with Crippen LogP contribution in [0.5, 0.6) is 0 Å². The van der Waals surface area contributed by atoms with Gasteiger partial charge in [-0.05, 0) is 12.1 Å². The van der Waals surface area contributed by atoms with Crippen LogP contribution in [0.3, 0.4) is 0 Å². The number of halogens is 1. The Labute approximate surface area is 73.6 Å². The van der Waals surface area contributed by atoms with Crippen LogP contribution in [0.2, 0.25) is 5.02 Å². The molecule has 0 aromatic heterocycles. The van der Waals surface area contributed by atoms with E-state index in [-0.39, 0.29) is 10.6 Å². The second kappa shape index (κ2) is 3.36. The highest BCUT2D eigenvalue weighted by Gasteiger charge is 2.16. The smallest absolute Gasteiger partial charge is 0.377 e. The Hall–Kier alpha value is -1.35. The largest absolute Gasteiger partial charge is 0.475 e. The monoisotopic (exact) mass is 184 g/mol. The van der Waals surface area contributed by atoms with Crippen molar-refractivity contribution in [2.45, 2.75) is 0 Å². The van der Waals surface area contributed by atoms with Gasteiger partial charge in [0.15, 0.2) is 0 Å². The summed E-state index contributed by atoms with van der Waals surface area (Å²) in [6, 6.07) is 6.03. The van der Waals surface area contributed by atoms with E-state index in [9.17, 15) is 9.59 Å². The SMILES string of the molecule is O=C(O)C(=O)c1ccccc1Cl. The third kappa shape index (κ3) is 1.62. The highest BCUT2D eigenvalue weighted by Crippen LogP contribution is 2.15. The summed E-state index contributed by atoms with van der Waals surface area (Å²) in [5.41, 5.74) is 0.0201. The molecule has 1 N–H and O–H groups in total. The van der Waals surface area contributed by atoms with E-state index < -0.39 is 11.8 Å². The van der Waals surface area contributed by atoms with Gasteiger partial charge >= 0.3 is 5.97 Å².